The average Bonchev–Trinajstić information content (AvgIpc) is 3.38. The number of thiazole rings is 1. The van der Waals surface area contributed by atoms with Gasteiger partial charge in [-0.2, -0.15) is 0 Å². The third kappa shape index (κ3) is 5.84. The standard InChI is InChI=1S/C24H30N4O4S/c1-15-25-17(14-33-15)13-31-21-7-5-6-19-18(21)12-20(27-19)22(29)26-16-8-10-28(11-9-16)23(30)32-24(2,3)4/h5-7,12,14,16,27H,8-11,13H2,1-4H3,(H,26,29). The normalized spacial score (nSPS) is 15.0. The molecule has 2 amide bonds. The van der Waals surface area contributed by atoms with Gasteiger partial charge in [-0.15, -0.1) is 11.3 Å². The number of aromatic amines is 1. The van der Waals surface area contributed by atoms with E-state index in [-0.39, 0.29) is 18.0 Å². The summed E-state index contributed by atoms with van der Waals surface area (Å²) < 4.78 is 11.4. The highest BCUT2D eigenvalue weighted by molar-refractivity contribution is 7.09. The van der Waals surface area contributed by atoms with Crippen molar-refractivity contribution in [3.8, 4) is 5.75 Å². The molecule has 4 rings (SSSR count). The van der Waals surface area contributed by atoms with Crippen LogP contribution in [-0.4, -0.2) is 51.6 Å². The number of H-pyrrole nitrogens is 1. The summed E-state index contributed by atoms with van der Waals surface area (Å²) in [6, 6.07) is 7.54. The van der Waals surface area contributed by atoms with E-state index in [2.05, 4.69) is 15.3 Å². The largest absolute Gasteiger partial charge is 0.487 e. The van der Waals surface area contributed by atoms with Gasteiger partial charge in [-0.25, -0.2) is 9.78 Å². The fraction of sp³-hybridized carbons (Fsp3) is 0.458. The minimum Gasteiger partial charge on any atom is -0.487 e. The van der Waals surface area contributed by atoms with Crippen molar-refractivity contribution in [3.63, 3.8) is 0 Å². The lowest BCUT2D eigenvalue weighted by Gasteiger charge is -2.33. The number of hydrogen-bond acceptors (Lipinski definition) is 6. The molecule has 0 aliphatic carbocycles. The summed E-state index contributed by atoms with van der Waals surface area (Å²) >= 11 is 1.59. The van der Waals surface area contributed by atoms with Gasteiger partial charge in [-0.3, -0.25) is 4.79 Å². The van der Waals surface area contributed by atoms with Gasteiger partial charge in [-0.05, 0) is 58.7 Å². The smallest absolute Gasteiger partial charge is 0.410 e. The van der Waals surface area contributed by atoms with Gasteiger partial charge < -0.3 is 24.7 Å². The molecule has 0 unspecified atom stereocenters. The zero-order valence-corrected chi connectivity index (χ0v) is 20.3. The molecule has 0 radical (unpaired) electrons. The topological polar surface area (TPSA) is 96.5 Å². The molecule has 3 heterocycles. The van der Waals surface area contributed by atoms with Crippen LogP contribution in [0.2, 0.25) is 0 Å². The molecule has 176 valence electrons. The number of carbonyl (C=O) groups is 2. The molecular formula is C24H30N4O4S. The molecule has 8 nitrogen and oxygen atoms in total. The van der Waals surface area contributed by atoms with Crippen molar-refractivity contribution in [2.24, 2.45) is 0 Å². The van der Waals surface area contributed by atoms with Gasteiger partial charge >= 0.3 is 6.09 Å². The van der Waals surface area contributed by atoms with Crippen LogP contribution in [0, 0.1) is 6.92 Å². The number of amides is 2. The Kier molecular flexibility index (Phi) is 6.60. The average molecular weight is 471 g/mol. The summed E-state index contributed by atoms with van der Waals surface area (Å²) in [5, 5.41) is 6.93. The van der Waals surface area contributed by atoms with Crippen molar-refractivity contribution < 1.29 is 19.1 Å². The Balaban J connectivity index is 1.35. The van der Waals surface area contributed by atoms with Crippen LogP contribution in [0.1, 0.15) is 54.8 Å². The van der Waals surface area contributed by atoms with Gasteiger partial charge in [0.1, 0.15) is 23.7 Å². The quantitative estimate of drug-likeness (QED) is 0.566. The Morgan fingerprint density at radius 1 is 1.27 bits per heavy atom. The molecule has 1 aliphatic heterocycles. The number of piperidine rings is 1. The maximum absolute atomic E-state index is 12.9. The van der Waals surface area contributed by atoms with E-state index in [4.69, 9.17) is 9.47 Å². The lowest BCUT2D eigenvalue weighted by atomic mass is 10.1. The van der Waals surface area contributed by atoms with Crippen molar-refractivity contribution in [1.82, 2.24) is 20.2 Å². The number of benzene rings is 1. The number of ether oxygens (including phenoxy) is 2. The van der Waals surface area contributed by atoms with Crippen LogP contribution in [0.5, 0.6) is 5.75 Å². The predicted octanol–water partition coefficient (Wildman–Crippen LogP) is 4.64. The van der Waals surface area contributed by atoms with Gasteiger partial charge in [0.05, 0.1) is 10.7 Å². The fourth-order valence-corrected chi connectivity index (χ4v) is 4.40. The summed E-state index contributed by atoms with van der Waals surface area (Å²) in [6.45, 7) is 9.03. The minimum absolute atomic E-state index is 0.00576. The highest BCUT2D eigenvalue weighted by Gasteiger charge is 2.28. The van der Waals surface area contributed by atoms with Crippen LogP contribution in [-0.2, 0) is 11.3 Å². The van der Waals surface area contributed by atoms with Crippen LogP contribution in [0.3, 0.4) is 0 Å². The lowest BCUT2D eigenvalue weighted by Crippen LogP contribution is -2.47. The van der Waals surface area contributed by atoms with E-state index in [1.807, 2.05) is 57.3 Å². The molecule has 9 heteroatoms. The summed E-state index contributed by atoms with van der Waals surface area (Å²) in [7, 11) is 0. The third-order valence-electron chi connectivity index (χ3n) is 5.39. The van der Waals surface area contributed by atoms with E-state index in [1.165, 1.54) is 0 Å². The number of aromatic nitrogens is 2. The highest BCUT2D eigenvalue weighted by atomic mass is 32.1. The molecule has 2 aromatic heterocycles. The highest BCUT2D eigenvalue weighted by Crippen LogP contribution is 2.27. The van der Waals surface area contributed by atoms with Crippen molar-refractivity contribution in [2.75, 3.05) is 13.1 Å². The molecule has 0 saturated carbocycles. The molecule has 33 heavy (non-hydrogen) atoms. The van der Waals surface area contributed by atoms with Crippen LogP contribution < -0.4 is 10.1 Å². The second kappa shape index (κ2) is 9.43. The SMILES string of the molecule is Cc1nc(COc2cccc3[nH]c(C(=O)NC4CCN(C(=O)OC(C)(C)C)CC4)cc23)cs1. The molecule has 0 atom stereocenters. The van der Waals surface area contributed by atoms with Crippen LogP contribution >= 0.6 is 11.3 Å². The molecule has 1 aliphatic rings. The van der Waals surface area contributed by atoms with E-state index in [0.29, 0.717) is 44.0 Å². The molecule has 1 fully saturated rings. The Morgan fingerprint density at radius 2 is 2.03 bits per heavy atom. The maximum atomic E-state index is 12.9. The predicted molar refractivity (Wildman–Crippen MR) is 128 cm³/mol. The summed E-state index contributed by atoms with van der Waals surface area (Å²) in [5.41, 5.74) is 1.70. The van der Waals surface area contributed by atoms with Gasteiger partial charge in [0, 0.05) is 35.4 Å². The molecule has 0 spiro atoms. The van der Waals surface area contributed by atoms with E-state index in [0.717, 1.165) is 21.6 Å². The van der Waals surface area contributed by atoms with Crippen molar-refractivity contribution in [2.45, 2.75) is 58.8 Å². The number of nitrogens with zero attached hydrogens (tertiary/aromatic N) is 2. The van der Waals surface area contributed by atoms with Crippen LogP contribution in [0.15, 0.2) is 29.6 Å². The summed E-state index contributed by atoms with van der Waals surface area (Å²) in [6.07, 6.45) is 1.07. The molecular weight excluding hydrogens is 440 g/mol. The Hall–Kier alpha value is -3.07. The number of likely N-dealkylation sites (tertiary alicyclic amines) is 1. The van der Waals surface area contributed by atoms with Crippen molar-refractivity contribution in [1.29, 1.82) is 0 Å². The Morgan fingerprint density at radius 3 is 2.70 bits per heavy atom. The Labute approximate surface area is 197 Å². The molecule has 2 N–H and O–H groups in total. The van der Waals surface area contributed by atoms with Gasteiger partial charge in [0.25, 0.3) is 5.91 Å². The zero-order valence-electron chi connectivity index (χ0n) is 19.4. The number of aryl methyl sites for hydroxylation is 1. The van der Waals surface area contributed by atoms with Crippen LogP contribution in [0.25, 0.3) is 10.9 Å². The molecule has 1 saturated heterocycles. The fourth-order valence-electron chi connectivity index (χ4n) is 3.80. The maximum Gasteiger partial charge on any atom is 0.410 e. The summed E-state index contributed by atoms with van der Waals surface area (Å²) in [4.78, 5) is 34.4. The molecule has 3 aromatic rings. The number of hydrogen-bond donors (Lipinski definition) is 2. The second-order valence-electron chi connectivity index (χ2n) is 9.26. The van der Waals surface area contributed by atoms with Crippen LogP contribution in [0.4, 0.5) is 4.79 Å². The first-order valence-corrected chi connectivity index (χ1v) is 12.0. The minimum atomic E-state index is -0.514. The number of rotatable bonds is 5. The van der Waals surface area contributed by atoms with E-state index in [9.17, 15) is 9.59 Å². The van der Waals surface area contributed by atoms with E-state index < -0.39 is 5.60 Å². The van der Waals surface area contributed by atoms with E-state index in [1.54, 1.807) is 16.2 Å². The molecule has 1 aromatic carbocycles. The van der Waals surface area contributed by atoms with E-state index >= 15 is 0 Å². The first kappa shape index (κ1) is 23.1. The lowest BCUT2D eigenvalue weighted by molar-refractivity contribution is 0.0199. The monoisotopic (exact) mass is 470 g/mol. The number of fused-ring (bicyclic) bond motifs is 1. The van der Waals surface area contributed by atoms with Gasteiger partial charge in [0.15, 0.2) is 0 Å². The first-order valence-electron chi connectivity index (χ1n) is 11.1. The zero-order chi connectivity index (χ0) is 23.6. The molecule has 0 bridgehead atoms. The van der Waals surface area contributed by atoms with Gasteiger partial charge in [0.2, 0.25) is 0 Å². The number of nitrogens with one attached hydrogen (secondary N) is 2. The van der Waals surface area contributed by atoms with Gasteiger partial charge in [-0.1, -0.05) is 6.07 Å². The summed E-state index contributed by atoms with van der Waals surface area (Å²) in [5.74, 6) is 0.544. The van der Waals surface area contributed by atoms with Crippen molar-refractivity contribution >= 4 is 34.2 Å². The number of carbonyl (C=O) groups excluding carboxylic acids is 2. The Bertz CT molecular complexity index is 1140. The third-order valence-corrected chi connectivity index (χ3v) is 6.22. The first-order chi connectivity index (χ1) is 15.7. The second-order valence-corrected chi connectivity index (χ2v) is 10.3. The van der Waals surface area contributed by atoms with Crippen molar-refractivity contribution in [3.05, 3.63) is 46.0 Å².